The summed E-state index contributed by atoms with van der Waals surface area (Å²) >= 11 is 0. The number of anilines is 1. The quantitative estimate of drug-likeness (QED) is 0.755. The van der Waals surface area contributed by atoms with Crippen molar-refractivity contribution in [3.63, 3.8) is 0 Å². The zero-order valence-electron chi connectivity index (χ0n) is 16.1. The van der Waals surface area contributed by atoms with E-state index in [1.165, 1.54) is 14.1 Å². The van der Waals surface area contributed by atoms with Gasteiger partial charge in [0, 0.05) is 13.0 Å². The fraction of sp³-hybridized carbons (Fsp3) is 0.333. The van der Waals surface area contributed by atoms with Gasteiger partial charge in [-0.25, -0.2) is 12.7 Å². The Morgan fingerprint density at radius 2 is 1.59 bits per heavy atom. The molecular formula is C21H21N3O4S. The number of hydrogen-bond donors (Lipinski definition) is 0. The molecule has 3 heterocycles. The van der Waals surface area contributed by atoms with Crippen molar-refractivity contribution in [3.05, 3.63) is 60.2 Å². The van der Waals surface area contributed by atoms with Gasteiger partial charge in [0.1, 0.15) is 18.2 Å². The van der Waals surface area contributed by atoms with Crippen LogP contribution in [0.4, 0.5) is 5.69 Å². The molecule has 5 rings (SSSR count). The number of likely N-dealkylation sites (N-methyl/N-ethyl adjacent to an activating group) is 1. The number of para-hydroxylation sites is 1. The van der Waals surface area contributed by atoms with E-state index in [9.17, 15) is 18.0 Å². The van der Waals surface area contributed by atoms with E-state index in [-0.39, 0.29) is 22.6 Å². The average Bonchev–Trinajstić information content (AvgIpc) is 3.26. The van der Waals surface area contributed by atoms with Crippen LogP contribution in [0.2, 0.25) is 0 Å². The minimum Gasteiger partial charge on any atom is -0.332 e. The van der Waals surface area contributed by atoms with E-state index in [0.29, 0.717) is 12.1 Å². The summed E-state index contributed by atoms with van der Waals surface area (Å²) in [5, 5.41) is 0. The Kier molecular flexibility index (Phi) is 3.80. The first kappa shape index (κ1) is 18.2. The number of sulfonamides is 1. The first-order valence-electron chi connectivity index (χ1n) is 9.61. The molecule has 7 nitrogen and oxygen atoms in total. The Hall–Kier alpha value is -2.87. The molecule has 0 bridgehead atoms. The second kappa shape index (κ2) is 6.06. The predicted molar refractivity (Wildman–Crippen MR) is 107 cm³/mol. The Morgan fingerprint density at radius 3 is 2.31 bits per heavy atom. The molecule has 0 aromatic heterocycles. The van der Waals surface area contributed by atoms with Crippen molar-refractivity contribution in [3.8, 4) is 0 Å². The van der Waals surface area contributed by atoms with Crippen molar-refractivity contribution in [2.24, 2.45) is 0 Å². The number of hydrogen-bond acceptors (Lipinski definition) is 4. The summed E-state index contributed by atoms with van der Waals surface area (Å²) < 4.78 is 28.6. The van der Waals surface area contributed by atoms with Gasteiger partial charge in [-0.3, -0.25) is 9.59 Å². The van der Waals surface area contributed by atoms with Gasteiger partial charge in [0.05, 0.1) is 10.6 Å². The van der Waals surface area contributed by atoms with E-state index in [1.807, 2.05) is 12.1 Å². The Labute approximate surface area is 169 Å². The van der Waals surface area contributed by atoms with Crippen LogP contribution < -0.4 is 4.31 Å². The van der Waals surface area contributed by atoms with Crippen LogP contribution in [-0.4, -0.2) is 55.3 Å². The number of carbonyl (C=O) groups is 2. The number of benzene rings is 2. The van der Waals surface area contributed by atoms with Gasteiger partial charge in [-0.15, -0.1) is 0 Å². The molecule has 0 N–H and O–H groups in total. The lowest BCUT2D eigenvalue weighted by Crippen LogP contribution is -2.64. The smallest absolute Gasteiger partial charge is 0.266 e. The summed E-state index contributed by atoms with van der Waals surface area (Å²) in [7, 11) is -2.29. The normalized spacial score (nSPS) is 28.4. The molecule has 2 aromatic rings. The molecule has 0 unspecified atom stereocenters. The van der Waals surface area contributed by atoms with Crippen LogP contribution in [0.25, 0.3) is 0 Å². The van der Waals surface area contributed by atoms with E-state index in [0.717, 1.165) is 5.56 Å². The summed E-state index contributed by atoms with van der Waals surface area (Å²) in [6.45, 7) is 1.68. The molecule has 8 heteroatoms. The maximum Gasteiger partial charge on any atom is 0.266 e. The Bertz CT molecular complexity index is 1120. The molecule has 2 aromatic carbocycles. The van der Waals surface area contributed by atoms with Crippen molar-refractivity contribution >= 4 is 27.5 Å². The van der Waals surface area contributed by atoms with Crippen molar-refractivity contribution in [1.29, 1.82) is 0 Å². The number of piperazine rings is 1. The molecule has 0 radical (unpaired) electrons. The second-order valence-corrected chi connectivity index (χ2v) is 9.63. The third-order valence-electron chi connectivity index (χ3n) is 6.40. The maximum atomic E-state index is 13.6. The number of carbonyl (C=O) groups excluding carboxylic acids is 2. The van der Waals surface area contributed by atoms with Crippen LogP contribution in [0.5, 0.6) is 0 Å². The Balaban J connectivity index is 1.69. The summed E-state index contributed by atoms with van der Waals surface area (Å²) in [5.41, 5.74) is 1.44. The average molecular weight is 411 g/mol. The molecule has 3 aliphatic rings. The van der Waals surface area contributed by atoms with Crippen LogP contribution >= 0.6 is 0 Å². The van der Waals surface area contributed by atoms with Crippen LogP contribution in [0.1, 0.15) is 24.8 Å². The van der Waals surface area contributed by atoms with Gasteiger partial charge in [-0.05, 0) is 37.1 Å². The van der Waals surface area contributed by atoms with E-state index in [4.69, 9.17) is 0 Å². The standard InChI is InChI=1S/C21H21N3O4S/c1-13-20(25)23-18(21(26)22(13)2)12-16-15-10-6-7-11-17(15)24(19(16)23)29(27,28)14-8-4-3-5-9-14/h3-11,13,16,18-19H,12H2,1-2H3/t13-,16+,18-,19-/m0/s1. The van der Waals surface area contributed by atoms with Gasteiger partial charge in [0.15, 0.2) is 0 Å². The summed E-state index contributed by atoms with van der Waals surface area (Å²) in [6, 6.07) is 14.3. The van der Waals surface area contributed by atoms with Crippen molar-refractivity contribution in [2.45, 2.75) is 42.4 Å². The van der Waals surface area contributed by atoms with Crippen LogP contribution in [-0.2, 0) is 19.6 Å². The topological polar surface area (TPSA) is 78.0 Å². The highest BCUT2D eigenvalue weighted by Crippen LogP contribution is 2.52. The molecular weight excluding hydrogens is 390 g/mol. The SMILES string of the molecule is C[C@H]1C(=O)N2[C@@H](C[C@@H]3c4ccccc4N(S(=O)(=O)c4ccccc4)[C@@H]32)C(=O)N1C. The molecule has 150 valence electrons. The fourth-order valence-corrected chi connectivity index (χ4v) is 6.54. The van der Waals surface area contributed by atoms with Crippen LogP contribution in [0.15, 0.2) is 59.5 Å². The molecule has 2 amide bonds. The minimum atomic E-state index is -3.91. The summed E-state index contributed by atoms with van der Waals surface area (Å²) in [4.78, 5) is 29.2. The molecule has 0 aliphatic carbocycles. The Morgan fingerprint density at radius 1 is 0.931 bits per heavy atom. The zero-order valence-corrected chi connectivity index (χ0v) is 16.9. The first-order valence-corrected chi connectivity index (χ1v) is 11.1. The summed E-state index contributed by atoms with van der Waals surface area (Å²) in [5.74, 6) is -0.590. The monoisotopic (exact) mass is 411 g/mol. The largest absolute Gasteiger partial charge is 0.332 e. The number of fused-ring (bicyclic) bond motifs is 5. The highest BCUT2D eigenvalue weighted by Gasteiger charge is 2.60. The van der Waals surface area contributed by atoms with Gasteiger partial charge in [-0.2, -0.15) is 0 Å². The lowest BCUT2D eigenvalue weighted by Gasteiger charge is -2.43. The number of rotatable bonds is 2. The van der Waals surface area contributed by atoms with Gasteiger partial charge in [0.25, 0.3) is 10.0 Å². The van der Waals surface area contributed by atoms with Crippen molar-refractivity contribution < 1.29 is 18.0 Å². The van der Waals surface area contributed by atoms with Gasteiger partial charge >= 0.3 is 0 Å². The van der Waals surface area contributed by atoms with Crippen LogP contribution in [0, 0.1) is 0 Å². The zero-order chi connectivity index (χ0) is 20.5. The maximum absolute atomic E-state index is 13.6. The van der Waals surface area contributed by atoms with E-state index < -0.39 is 28.3 Å². The number of amides is 2. The fourth-order valence-electron chi connectivity index (χ4n) is 4.85. The van der Waals surface area contributed by atoms with Crippen LogP contribution in [0.3, 0.4) is 0 Å². The molecule has 0 spiro atoms. The highest BCUT2D eigenvalue weighted by atomic mass is 32.2. The second-order valence-electron chi connectivity index (χ2n) is 7.81. The lowest BCUT2D eigenvalue weighted by atomic mass is 9.96. The highest BCUT2D eigenvalue weighted by molar-refractivity contribution is 7.92. The molecule has 4 atom stereocenters. The van der Waals surface area contributed by atoms with E-state index in [1.54, 1.807) is 56.4 Å². The van der Waals surface area contributed by atoms with Crippen molar-refractivity contribution in [2.75, 3.05) is 11.4 Å². The third kappa shape index (κ3) is 2.32. The molecule has 29 heavy (non-hydrogen) atoms. The van der Waals surface area contributed by atoms with Gasteiger partial charge < -0.3 is 9.80 Å². The minimum absolute atomic E-state index is 0.138. The molecule has 3 aliphatic heterocycles. The lowest BCUT2D eigenvalue weighted by molar-refractivity contribution is -0.158. The van der Waals surface area contributed by atoms with Crippen molar-refractivity contribution in [1.82, 2.24) is 9.80 Å². The first-order chi connectivity index (χ1) is 13.8. The number of nitrogens with zero attached hydrogens (tertiary/aromatic N) is 3. The predicted octanol–water partition coefficient (Wildman–Crippen LogP) is 1.77. The van der Waals surface area contributed by atoms with E-state index in [2.05, 4.69) is 0 Å². The van der Waals surface area contributed by atoms with E-state index >= 15 is 0 Å². The van der Waals surface area contributed by atoms with Gasteiger partial charge in [0.2, 0.25) is 11.8 Å². The molecule has 2 saturated heterocycles. The molecule has 2 fully saturated rings. The third-order valence-corrected chi connectivity index (χ3v) is 8.20. The van der Waals surface area contributed by atoms with Gasteiger partial charge in [-0.1, -0.05) is 36.4 Å². The summed E-state index contributed by atoms with van der Waals surface area (Å²) in [6.07, 6.45) is -0.306. The molecule has 0 saturated carbocycles.